The third kappa shape index (κ3) is 4.23. The van der Waals surface area contributed by atoms with Crippen molar-refractivity contribution in [1.82, 2.24) is 9.88 Å². The van der Waals surface area contributed by atoms with Crippen molar-refractivity contribution in [2.24, 2.45) is 17.6 Å². The number of carbonyl (C=O) groups excluding carboxylic acids is 4. The van der Waals surface area contributed by atoms with E-state index in [1.54, 1.807) is 38.5 Å². The largest absolute Gasteiger partial charge is 0.508 e. The molecule has 0 spiro atoms. The minimum atomic E-state index is -2.69. The van der Waals surface area contributed by atoms with Crippen LogP contribution >= 0.6 is 0 Å². The van der Waals surface area contributed by atoms with Gasteiger partial charge in [-0.3, -0.25) is 29.1 Å². The number of rotatable bonds is 7. The number of hydrogen-bond acceptors (Lipinski definition) is 10. The minimum absolute atomic E-state index is 0.0248. The van der Waals surface area contributed by atoms with Gasteiger partial charge in [0, 0.05) is 35.9 Å². The normalized spacial score (nSPS) is 25.3. The molecule has 1 heterocycles. The van der Waals surface area contributed by atoms with Gasteiger partial charge in [0.2, 0.25) is 5.78 Å². The van der Waals surface area contributed by atoms with Crippen molar-refractivity contribution >= 4 is 29.0 Å². The van der Waals surface area contributed by atoms with Crippen molar-refractivity contribution in [2.75, 3.05) is 14.1 Å². The molecule has 2 aromatic rings. The molecule has 3 aliphatic carbocycles. The van der Waals surface area contributed by atoms with Crippen LogP contribution in [0, 0.1) is 11.8 Å². The lowest BCUT2D eigenvalue weighted by Crippen LogP contribution is -2.65. The first-order valence-corrected chi connectivity index (χ1v) is 13.8. The fourth-order valence-electron chi connectivity index (χ4n) is 6.88. The van der Waals surface area contributed by atoms with Gasteiger partial charge >= 0.3 is 0 Å². The van der Waals surface area contributed by atoms with Gasteiger partial charge in [0.05, 0.1) is 11.6 Å². The monoisotopic (exact) mass is 575 g/mol. The Morgan fingerprint density at radius 3 is 2.48 bits per heavy atom. The van der Waals surface area contributed by atoms with Crippen LogP contribution in [-0.2, 0) is 33.6 Å². The number of ketones is 3. The SMILES string of the molecule is CCc1cc(CCC(=O)c2cccnc2)c(O)c2c1C[C@H]1C[C@H]3[C@H](N(C)C)C(=O)C(C(N)=O)=C(O)[C@@]3(O)C(=O)C1=C2O. The van der Waals surface area contributed by atoms with Crippen LogP contribution in [0.1, 0.15) is 52.4 Å². The van der Waals surface area contributed by atoms with Crippen LogP contribution in [0.15, 0.2) is 47.5 Å². The molecule has 1 aromatic carbocycles. The van der Waals surface area contributed by atoms with E-state index in [0.29, 0.717) is 23.1 Å². The summed E-state index contributed by atoms with van der Waals surface area (Å²) in [4.78, 5) is 57.5. The number of carbonyl (C=O) groups is 4. The highest BCUT2D eigenvalue weighted by atomic mass is 16.3. The summed E-state index contributed by atoms with van der Waals surface area (Å²) in [6.45, 7) is 1.91. The summed E-state index contributed by atoms with van der Waals surface area (Å²) in [5.74, 6) is -7.04. The van der Waals surface area contributed by atoms with Crippen molar-refractivity contribution in [1.29, 1.82) is 0 Å². The number of benzene rings is 1. The van der Waals surface area contributed by atoms with Crippen molar-refractivity contribution in [3.05, 3.63) is 75.3 Å². The lowest BCUT2D eigenvalue weighted by molar-refractivity contribution is -0.153. The minimum Gasteiger partial charge on any atom is -0.508 e. The maximum Gasteiger partial charge on any atom is 0.255 e. The summed E-state index contributed by atoms with van der Waals surface area (Å²) in [7, 11) is 3.11. The number of phenols is 1. The summed E-state index contributed by atoms with van der Waals surface area (Å²) >= 11 is 0. The molecule has 1 aromatic heterocycles. The molecule has 0 saturated heterocycles. The van der Waals surface area contributed by atoms with E-state index in [1.807, 2.05) is 6.92 Å². The molecule has 11 nitrogen and oxygen atoms in total. The Morgan fingerprint density at radius 2 is 1.88 bits per heavy atom. The highest BCUT2D eigenvalue weighted by molar-refractivity contribution is 6.24. The Balaban J connectivity index is 1.62. The Morgan fingerprint density at radius 1 is 1.17 bits per heavy atom. The predicted octanol–water partition coefficient (Wildman–Crippen LogP) is 1.74. The van der Waals surface area contributed by atoms with Gasteiger partial charge in [0.1, 0.15) is 22.8 Å². The van der Waals surface area contributed by atoms with Crippen LogP contribution in [0.5, 0.6) is 5.75 Å². The van der Waals surface area contributed by atoms with Gasteiger partial charge in [-0.05, 0) is 74.5 Å². The second kappa shape index (κ2) is 10.5. The summed E-state index contributed by atoms with van der Waals surface area (Å²) in [5, 5.41) is 45.6. The number of pyridine rings is 1. The number of nitrogens with two attached hydrogens (primary N) is 1. The molecule has 0 radical (unpaired) electrons. The predicted molar refractivity (Wildman–Crippen MR) is 151 cm³/mol. The highest BCUT2D eigenvalue weighted by Gasteiger charge is 2.64. The molecule has 11 heteroatoms. The smallest absolute Gasteiger partial charge is 0.255 e. The van der Waals surface area contributed by atoms with E-state index in [4.69, 9.17) is 5.73 Å². The average molecular weight is 576 g/mol. The topological polar surface area (TPSA) is 191 Å². The number of likely N-dealkylation sites (N-methyl/N-ethyl adjacent to an activating group) is 1. The molecule has 6 N–H and O–H groups in total. The molecule has 4 atom stereocenters. The zero-order valence-corrected chi connectivity index (χ0v) is 23.5. The number of primary amides is 1. The lowest BCUT2D eigenvalue weighted by Gasteiger charge is -2.50. The summed E-state index contributed by atoms with van der Waals surface area (Å²) < 4.78 is 0. The average Bonchev–Trinajstić information content (AvgIpc) is 2.94. The van der Waals surface area contributed by atoms with Crippen LogP contribution in [0.3, 0.4) is 0 Å². The first-order chi connectivity index (χ1) is 19.8. The number of Topliss-reactive ketones (excluding diaryl/α,β-unsaturated/α-hetero) is 3. The third-order valence-corrected chi connectivity index (χ3v) is 8.88. The van der Waals surface area contributed by atoms with E-state index in [0.717, 1.165) is 5.56 Å². The maximum absolute atomic E-state index is 14.0. The molecular weight excluding hydrogens is 542 g/mol. The van der Waals surface area contributed by atoms with Gasteiger partial charge in [-0.1, -0.05) is 13.0 Å². The van der Waals surface area contributed by atoms with Crippen molar-refractivity contribution in [3.63, 3.8) is 0 Å². The fourth-order valence-corrected chi connectivity index (χ4v) is 6.88. The highest BCUT2D eigenvalue weighted by Crippen LogP contribution is 2.53. The number of fused-ring (bicyclic) bond motifs is 3. The number of aromatic nitrogens is 1. The van der Waals surface area contributed by atoms with Gasteiger partial charge in [0.15, 0.2) is 17.2 Å². The van der Waals surface area contributed by atoms with Crippen LogP contribution in [0.4, 0.5) is 0 Å². The van der Waals surface area contributed by atoms with E-state index in [9.17, 15) is 39.6 Å². The zero-order valence-electron chi connectivity index (χ0n) is 23.5. The van der Waals surface area contributed by atoms with Gasteiger partial charge < -0.3 is 26.2 Å². The lowest BCUT2D eigenvalue weighted by atomic mass is 9.57. The first kappa shape index (κ1) is 29.2. The van der Waals surface area contributed by atoms with Crippen molar-refractivity contribution in [3.8, 4) is 5.75 Å². The molecular formula is C31H33N3O8. The van der Waals surface area contributed by atoms with Crippen LogP contribution in [0.25, 0.3) is 5.76 Å². The number of nitrogens with zero attached hydrogens (tertiary/aromatic N) is 2. The summed E-state index contributed by atoms with van der Waals surface area (Å²) in [5.41, 5.74) is 3.93. The van der Waals surface area contributed by atoms with E-state index in [1.165, 1.54) is 11.1 Å². The molecule has 1 saturated carbocycles. The molecule has 0 aliphatic heterocycles. The Kier molecular flexibility index (Phi) is 7.28. The van der Waals surface area contributed by atoms with Gasteiger partial charge in [-0.15, -0.1) is 0 Å². The molecule has 220 valence electrons. The molecule has 3 aliphatic rings. The fraction of sp³-hybridized carbons (Fsp3) is 0.387. The molecule has 1 amide bonds. The van der Waals surface area contributed by atoms with E-state index in [2.05, 4.69) is 4.98 Å². The molecule has 1 fully saturated rings. The number of phenolic OH excluding ortho intramolecular Hbond substituents is 1. The molecule has 5 rings (SSSR count). The van der Waals surface area contributed by atoms with Crippen LogP contribution < -0.4 is 5.73 Å². The second-order valence-corrected chi connectivity index (χ2v) is 11.4. The van der Waals surface area contributed by atoms with E-state index in [-0.39, 0.29) is 48.4 Å². The van der Waals surface area contributed by atoms with E-state index >= 15 is 0 Å². The van der Waals surface area contributed by atoms with E-state index < -0.39 is 58.0 Å². The zero-order chi connectivity index (χ0) is 30.7. The number of aliphatic hydroxyl groups excluding tert-OH is 2. The Hall–Kier alpha value is -4.35. The quantitative estimate of drug-likeness (QED) is 0.240. The van der Waals surface area contributed by atoms with Crippen molar-refractivity contribution in [2.45, 2.75) is 50.7 Å². The molecule has 42 heavy (non-hydrogen) atoms. The Bertz CT molecular complexity index is 1590. The number of amides is 1. The second-order valence-electron chi connectivity index (χ2n) is 11.4. The number of aliphatic hydroxyl groups is 3. The van der Waals surface area contributed by atoms with Crippen LogP contribution in [0.2, 0.25) is 0 Å². The molecule has 0 unspecified atom stereocenters. The van der Waals surface area contributed by atoms with Crippen molar-refractivity contribution < 1.29 is 39.6 Å². The summed E-state index contributed by atoms with van der Waals surface area (Å²) in [6, 6.07) is 3.96. The van der Waals surface area contributed by atoms with Gasteiger partial charge in [-0.2, -0.15) is 0 Å². The first-order valence-electron chi connectivity index (χ1n) is 13.8. The van der Waals surface area contributed by atoms with Crippen LogP contribution in [-0.4, -0.2) is 79.3 Å². The number of aromatic hydroxyl groups is 1. The number of aryl methyl sites for hydroxylation is 2. The third-order valence-electron chi connectivity index (χ3n) is 8.88. The standard InChI is InChI=1S/C31H33N3O8/c1-4-14-10-15(7-8-20(35)16-6-5-9-33-13-16)25(36)22-18(14)11-17-12-19-24(34(2)3)27(38)23(30(32)41)29(40)31(19,42)28(39)21(17)26(22)37/h5-6,9-10,13,17,19,24,36-37,40,42H,4,7-8,11-12H2,1-3H3,(H2,32,41)/t17-,19-,24-,31-/m0/s1. The Labute approximate surface area is 242 Å². The van der Waals surface area contributed by atoms with Gasteiger partial charge in [0.25, 0.3) is 5.91 Å². The summed E-state index contributed by atoms with van der Waals surface area (Å²) in [6.07, 6.45) is 4.03. The van der Waals surface area contributed by atoms with Gasteiger partial charge in [-0.25, -0.2) is 0 Å². The number of hydrogen-bond donors (Lipinski definition) is 5. The molecule has 0 bridgehead atoms. The maximum atomic E-state index is 14.0.